The fraction of sp³-hybridized carbons (Fsp3) is 0.250. The lowest BCUT2D eigenvalue weighted by Crippen LogP contribution is -1.99. The first-order valence-corrected chi connectivity index (χ1v) is 6.50. The number of aryl methyl sites for hydroxylation is 2. The zero-order chi connectivity index (χ0) is 12.5. The number of hydrogen-bond acceptors (Lipinski definition) is 5. The smallest absolute Gasteiger partial charge is 0.243 e. The average Bonchev–Trinajstić information content (AvgIpc) is 2.92. The van der Waals surface area contributed by atoms with Gasteiger partial charge in [-0.25, -0.2) is 9.50 Å². The van der Waals surface area contributed by atoms with E-state index in [-0.39, 0.29) is 0 Å². The molecule has 0 aromatic carbocycles. The van der Waals surface area contributed by atoms with Gasteiger partial charge in [-0.05, 0) is 25.5 Å². The Balaban J connectivity index is 1.78. The van der Waals surface area contributed by atoms with Crippen LogP contribution in [0.15, 0.2) is 24.5 Å². The first-order valence-electron chi connectivity index (χ1n) is 5.69. The molecule has 0 saturated carbocycles. The monoisotopic (exact) mass is 259 g/mol. The van der Waals surface area contributed by atoms with Crippen molar-refractivity contribution in [2.75, 3.05) is 5.32 Å². The van der Waals surface area contributed by atoms with Crippen molar-refractivity contribution >= 4 is 22.9 Å². The largest absolute Gasteiger partial charge is 0.348 e. The number of nitrogens with zero attached hydrogens (tertiary/aromatic N) is 4. The van der Waals surface area contributed by atoms with Crippen molar-refractivity contribution in [3.8, 4) is 0 Å². The summed E-state index contributed by atoms with van der Waals surface area (Å²) in [5, 5.41) is 8.66. The van der Waals surface area contributed by atoms with Gasteiger partial charge >= 0.3 is 0 Å². The third-order valence-corrected chi connectivity index (χ3v) is 3.48. The first-order chi connectivity index (χ1) is 8.70. The molecule has 3 heterocycles. The van der Waals surface area contributed by atoms with Crippen LogP contribution in [-0.4, -0.2) is 19.6 Å². The molecule has 0 saturated heterocycles. The van der Waals surface area contributed by atoms with Gasteiger partial charge in [0.05, 0.1) is 11.6 Å². The summed E-state index contributed by atoms with van der Waals surface area (Å²) in [6.07, 6.45) is 3.84. The Morgan fingerprint density at radius 2 is 2.22 bits per heavy atom. The maximum absolute atomic E-state index is 4.40. The predicted molar refractivity (Wildman–Crippen MR) is 71.9 cm³/mol. The summed E-state index contributed by atoms with van der Waals surface area (Å²) >= 11 is 1.68. The molecule has 3 aromatic rings. The molecule has 0 spiro atoms. The molecular weight excluding hydrogens is 246 g/mol. The highest BCUT2D eigenvalue weighted by Crippen LogP contribution is 2.13. The number of aromatic nitrogens is 4. The van der Waals surface area contributed by atoms with Crippen molar-refractivity contribution in [1.82, 2.24) is 19.6 Å². The molecule has 6 heteroatoms. The van der Waals surface area contributed by atoms with Crippen molar-refractivity contribution in [3.05, 3.63) is 40.0 Å². The Kier molecular flexibility index (Phi) is 2.71. The first kappa shape index (κ1) is 11.2. The lowest BCUT2D eigenvalue weighted by molar-refractivity contribution is 0.944. The van der Waals surface area contributed by atoms with Crippen LogP contribution in [-0.2, 0) is 6.54 Å². The van der Waals surface area contributed by atoms with Crippen LogP contribution in [0.5, 0.6) is 0 Å². The van der Waals surface area contributed by atoms with E-state index in [9.17, 15) is 0 Å². The second kappa shape index (κ2) is 4.38. The topological polar surface area (TPSA) is 55.1 Å². The quantitative estimate of drug-likeness (QED) is 0.784. The highest BCUT2D eigenvalue weighted by atomic mass is 32.1. The standard InChI is InChI=1S/C12H13N5S/c1-8-3-4-11-15-12(16-17(11)7-8)14-6-10-5-13-9(2)18-10/h3-5,7H,6H2,1-2H3,(H,14,16). The van der Waals surface area contributed by atoms with Crippen molar-refractivity contribution in [2.24, 2.45) is 0 Å². The Hall–Kier alpha value is -1.95. The molecule has 1 N–H and O–H groups in total. The van der Waals surface area contributed by atoms with Crippen LogP contribution in [0.1, 0.15) is 15.4 Å². The fourth-order valence-electron chi connectivity index (χ4n) is 1.71. The number of anilines is 1. The molecule has 0 bridgehead atoms. The Morgan fingerprint density at radius 1 is 1.33 bits per heavy atom. The van der Waals surface area contributed by atoms with Crippen LogP contribution >= 0.6 is 11.3 Å². The molecule has 0 atom stereocenters. The summed E-state index contributed by atoms with van der Waals surface area (Å²) < 4.78 is 1.79. The zero-order valence-corrected chi connectivity index (χ0v) is 11.0. The van der Waals surface area contributed by atoms with Gasteiger partial charge in [-0.1, -0.05) is 6.07 Å². The van der Waals surface area contributed by atoms with Crippen LogP contribution < -0.4 is 5.32 Å². The molecule has 18 heavy (non-hydrogen) atoms. The molecule has 0 aliphatic carbocycles. The number of pyridine rings is 1. The summed E-state index contributed by atoms with van der Waals surface area (Å²) in [6.45, 7) is 4.75. The number of hydrogen-bond donors (Lipinski definition) is 1. The van der Waals surface area contributed by atoms with Gasteiger partial charge in [-0.15, -0.1) is 16.4 Å². The fourth-order valence-corrected chi connectivity index (χ4v) is 2.45. The van der Waals surface area contributed by atoms with Gasteiger partial charge < -0.3 is 5.32 Å². The molecule has 0 aliphatic heterocycles. The Labute approximate surface area is 109 Å². The van der Waals surface area contributed by atoms with E-state index in [1.807, 2.05) is 38.4 Å². The maximum Gasteiger partial charge on any atom is 0.243 e. The summed E-state index contributed by atoms with van der Waals surface area (Å²) in [5.74, 6) is 0.645. The molecule has 0 unspecified atom stereocenters. The highest BCUT2D eigenvalue weighted by Gasteiger charge is 2.04. The molecule has 0 amide bonds. The van der Waals surface area contributed by atoms with Gasteiger partial charge in [0.2, 0.25) is 5.95 Å². The minimum atomic E-state index is 0.645. The normalized spacial score (nSPS) is 11.0. The molecule has 3 aromatic heterocycles. The second-order valence-electron chi connectivity index (χ2n) is 4.14. The molecule has 92 valence electrons. The van der Waals surface area contributed by atoms with Gasteiger partial charge in [-0.3, -0.25) is 0 Å². The number of nitrogens with one attached hydrogen (secondary N) is 1. The van der Waals surface area contributed by atoms with Gasteiger partial charge in [0.15, 0.2) is 5.65 Å². The van der Waals surface area contributed by atoms with Crippen LogP contribution in [0, 0.1) is 13.8 Å². The van der Waals surface area contributed by atoms with Crippen molar-refractivity contribution in [2.45, 2.75) is 20.4 Å². The second-order valence-corrected chi connectivity index (χ2v) is 5.46. The summed E-state index contributed by atoms with van der Waals surface area (Å²) in [6, 6.07) is 3.99. The van der Waals surface area contributed by atoms with Gasteiger partial charge in [0.1, 0.15) is 0 Å². The zero-order valence-electron chi connectivity index (χ0n) is 10.2. The molecule has 3 rings (SSSR count). The molecule has 0 aliphatic rings. The van der Waals surface area contributed by atoms with E-state index in [0.29, 0.717) is 12.5 Å². The van der Waals surface area contributed by atoms with E-state index in [2.05, 4.69) is 20.4 Å². The summed E-state index contributed by atoms with van der Waals surface area (Å²) in [5.41, 5.74) is 2.01. The Morgan fingerprint density at radius 3 is 3.00 bits per heavy atom. The van der Waals surface area contributed by atoms with E-state index in [0.717, 1.165) is 16.2 Å². The third-order valence-electron chi connectivity index (χ3n) is 2.57. The molecule has 0 radical (unpaired) electrons. The summed E-state index contributed by atoms with van der Waals surface area (Å²) in [7, 11) is 0. The predicted octanol–water partition coefficient (Wildman–Crippen LogP) is 2.41. The van der Waals surface area contributed by atoms with Crippen LogP contribution in [0.2, 0.25) is 0 Å². The average molecular weight is 259 g/mol. The molecular formula is C12H13N5S. The number of fused-ring (bicyclic) bond motifs is 1. The van der Waals surface area contributed by atoms with Crippen LogP contribution in [0.3, 0.4) is 0 Å². The Bertz CT molecular complexity index is 685. The van der Waals surface area contributed by atoms with E-state index >= 15 is 0 Å². The summed E-state index contributed by atoms with van der Waals surface area (Å²) in [4.78, 5) is 9.80. The van der Waals surface area contributed by atoms with Gasteiger partial charge in [0, 0.05) is 17.3 Å². The van der Waals surface area contributed by atoms with E-state index < -0.39 is 0 Å². The van der Waals surface area contributed by atoms with E-state index in [1.165, 1.54) is 4.88 Å². The molecule has 0 fully saturated rings. The molecule has 5 nitrogen and oxygen atoms in total. The van der Waals surface area contributed by atoms with Crippen LogP contribution in [0.4, 0.5) is 5.95 Å². The third kappa shape index (κ3) is 2.19. The van der Waals surface area contributed by atoms with Gasteiger partial charge in [0.25, 0.3) is 0 Å². The van der Waals surface area contributed by atoms with Crippen LogP contribution in [0.25, 0.3) is 5.65 Å². The number of thiazole rings is 1. The van der Waals surface area contributed by atoms with Crippen molar-refractivity contribution in [3.63, 3.8) is 0 Å². The maximum atomic E-state index is 4.40. The minimum absolute atomic E-state index is 0.645. The lowest BCUT2D eigenvalue weighted by Gasteiger charge is -1.96. The van der Waals surface area contributed by atoms with E-state index in [4.69, 9.17) is 0 Å². The SMILES string of the molecule is Cc1ccc2nc(NCc3cnc(C)s3)nn2c1. The van der Waals surface area contributed by atoms with E-state index in [1.54, 1.807) is 15.9 Å². The lowest BCUT2D eigenvalue weighted by atomic mass is 10.3. The van der Waals surface area contributed by atoms with Crippen molar-refractivity contribution in [1.29, 1.82) is 0 Å². The number of rotatable bonds is 3. The van der Waals surface area contributed by atoms with Gasteiger partial charge in [-0.2, -0.15) is 4.98 Å². The highest BCUT2D eigenvalue weighted by molar-refractivity contribution is 7.11. The minimum Gasteiger partial charge on any atom is -0.348 e. The van der Waals surface area contributed by atoms with Crippen molar-refractivity contribution < 1.29 is 0 Å².